The molecule has 6 heteroatoms. The van der Waals surface area contributed by atoms with Gasteiger partial charge in [0.2, 0.25) is 5.91 Å². The van der Waals surface area contributed by atoms with Crippen LogP contribution in [0.15, 0.2) is 12.5 Å². The van der Waals surface area contributed by atoms with E-state index in [0.717, 1.165) is 6.42 Å². The van der Waals surface area contributed by atoms with Crippen LogP contribution < -0.4 is 0 Å². The van der Waals surface area contributed by atoms with Crippen molar-refractivity contribution in [1.82, 2.24) is 14.9 Å². The number of amides is 1. The highest BCUT2D eigenvalue weighted by Crippen LogP contribution is 2.22. The SMILES string of the molecule is CCC1CC(=O)N(Cc2ncncc2C(=O)O)C1. The maximum Gasteiger partial charge on any atom is 0.339 e. The highest BCUT2D eigenvalue weighted by molar-refractivity contribution is 5.88. The molecule has 0 aromatic carbocycles. The van der Waals surface area contributed by atoms with Crippen molar-refractivity contribution in [3.63, 3.8) is 0 Å². The summed E-state index contributed by atoms with van der Waals surface area (Å²) in [6.07, 6.45) is 4.07. The standard InChI is InChI=1S/C12H15N3O3/c1-2-8-3-11(16)15(5-8)6-10-9(12(17)18)4-13-7-14-10/h4,7-8H,2-3,5-6H2,1H3,(H,17,18). The van der Waals surface area contributed by atoms with E-state index >= 15 is 0 Å². The highest BCUT2D eigenvalue weighted by Gasteiger charge is 2.29. The van der Waals surface area contributed by atoms with Crippen LogP contribution in [-0.2, 0) is 11.3 Å². The number of likely N-dealkylation sites (tertiary alicyclic amines) is 1. The molecule has 1 aliphatic heterocycles. The Balaban J connectivity index is 2.15. The second kappa shape index (κ2) is 5.12. The fourth-order valence-corrected chi connectivity index (χ4v) is 2.12. The van der Waals surface area contributed by atoms with Gasteiger partial charge in [-0.2, -0.15) is 0 Å². The number of rotatable bonds is 4. The first-order chi connectivity index (χ1) is 8.61. The number of aromatic carboxylic acids is 1. The zero-order valence-electron chi connectivity index (χ0n) is 10.2. The molecule has 0 saturated carbocycles. The third-order valence-corrected chi connectivity index (χ3v) is 3.24. The maximum atomic E-state index is 11.8. The lowest BCUT2D eigenvalue weighted by atomic mass is 10.1. The van der Waals surface area contributed by atoms with Crippen LogP contribution in [0.2, 0.25) is 0 Å². The van der Waals surface area contributed by atoms with Crippen LogP contribution in [-0.4, -0.2) is 38.4 Å². The minimum absolute atomic E-state index is 0.0604. The van der Waals surface area contributed by atoms with Gasteiger partial charge in [0, 0.05) is 19.2 Å². The predicted octanol–water partition coefficient (Wildman–Crippen LogP) is 0.933. The molecule has 1 fully saturated rings. The van der Waals surface area contributed by atoms with Crippen molar-refractivity contribution in [2.45, 2.75) is 26.3 Å². The van der Waals surface area contributed by atoms with Crippen molar-refractivity contribution in [3.8, 4) is 0 Å². The minimum atomic E-state index is -1.07. The molecule has 1 saturated heterocycles. The molecule has 0 spiro atoms. The Morgan fingerprint density at radius 1 is 1.61 bits per heavy atom. The molecular weight excluding hydrogens is 234 g/mol. The van der Waals surface area contributed by atoms with E-state index in [2.05, 4.69) is 16.9 Å². The van der Waals surface area contributed by atoms with E-state index in [4.69, 9.17) is 5.11 Å². The molecule has 1 aromatic rings. The van der Waals surface area contributed by atoms with E-state index in [1.54, 1.807) is 4.90 Å². The summed E-state index contributed by atoms with van der Waals surface area (Å²) in [7, 11) is 0. The monoisotopic (exact) mass is 249 g/mol. The second-order valence-corrected chi connectivity index (χ2v) is 4.44. The van der Waals surface area contributed by atoms with Crippen molar-refractivity contribution >= 4 is 11.9 Å². The first-order valence-corrected chi connectivity index (χ1v) is 5.91. The van der Waals surface area contributed by atoms with Crippen LogP contribution in [0.4, 0.5) is 0 Å². The molecule has 2 rings (SSSR count). The molecule has 2 heterocycles. The summed E-state index contributed by atoms with van der Waals surface area (Å²) in [6, 6.07) is 0. The highest BCUT2D eigenvalue weighted by atomic mass is 16.4. The lowest BCUT2D eigenvalue weighted by Gasteiger charge is -2.16. The molecular formula is C12H15N3O3. The Labute approximate surface area is 105 Å². The van der Waals surface area contributed by atoms with Gasteiger partial charge < -0.3 is 10.0 Å². The van der Waals surface area contributed by atoms with Gasteiger partial charge in [0.25, 0.3) is 0 Å². The predicted molar refractivity (Wildman–Crippen MR) is 62.8 cm³/mol. The van der Waals surface area contributed by atoms with Gasteiger partial charge in [0.15, 0.2) is 0 Å². The van der Waals surface area contributed by atoms with Gasteiger partial charge in [0.1, 0.15) is 11.9 Å². The Kier molecular flexibility index (Phi) is 3.55. The number of carbonyl (C=O) groups is 2. The first-order valence-electron chi connectivity index (χ1n) is 5.91. The Hall–Kier alpha value is -1.98. The summed E-state index contributed by atoms with van der Waals surface area (Å²) in [4.78, 5) is 32.1. The van der Waals surface area contributed by atoms with Gasteiger partial charge in [-0.1, -0.05) is 13.3 Å². The summed E-state index contributed by atoms with van der Waals surface area (Å²) in [6.45, 7) is 2.98. The summed E-state index contributed by atoms with van der Waals surface area (Å²) in [5.74, 6) is -0.631. The summed E-state index contributed by atoms with van der Waals surface area (Å²) in [5, 5.41) is 9.02. The molecule has 1 amide bonds. The van der Waals surface area contributed by atoms with Gasteiger partial charge in [-0.3, -0.25) is 4.79 Å². The van der Waals surface area contributed by atoms with Crippen molar-refractivity contribution in [3.05, 3.63) is 23.8 Å². The number of hydrogen-bond donors (Lipinski definition) is 1. The molecule has 1 unspecified atom stereocenters. The van der Waals surface area contributed by atoms with Crippen molar-refractivity contribution < 1.29 is 14.7 Å². The molecule has 1 atom stereocenters. The Morgan fingerprint density at radius 3 is 3.00 bits per heavy atom. The number of hydrogen-bond acceptors (Lipinski definition) is 4. The third-order valence-electron chi connectivity index (χ3n) is 3.24. The van der Waals surface area contributed by atoms with Gasteiger partial charge in [0.05, 0.1) is 12.2 Å². The quantitative estimate of drug-likeness (QED) is 0.858. The van der Waals surface area contributed by atoms with Gasteiger partial charge in [-0.25, -0.2) is 14.8 Å². The molecule has 1 N–H and O–H groups in total. The lowest BCUT2D eigenvalue weighted by molar-refractivity contribution is -0.128. The molecule has 6 nitrogen and oxygen atoms in total. The number of nitrogens with zero attached hydrogens (tertiary/aromatic N) is 3. The summed E-state index contributed by atoms with van der Waals surface area (Å²) >= 11 is 0. The smallest absolute Gasteiger partial charge is 0.339 e. The maximum absolute atomic E-state index is 11.8. The normalized spacial score (nSPS) is 19.3. The van der Waals surface area contributed by atoms with Crippen LogP contribution >= 0.6 is 0 Å². The molecule has 1 aromatic heterocycles. The van der Waals surface area contributed by atoms with Gasteiger partial charge >= 0.3 is 5.97 Å². The fourth-order valence-electron chi connectivity index (χ4n) is 2.12. The Bertz CT molecular complexity index is 475. The van der Waals surface area contributed by atoms with E-state index in [0.29, 0.717) is 24.6 Å². The zero-order valence-corrected chi connectivity index (χ0v) is 10.2. The second-order valence-electron chi connectivity index (χ2n) is 4.44. The molecule has 0 radical (unpaired) electrons. The van der Waals surface area contributed by atoms with E-state index < -0.39 is 5.97 Å². The average Bonchev–Trinajstić information content (AvgIpc) is 2.71. The molecule has 0 bridgehead atoms. The van der Waals surface area contributed by atoms with Gasteiger partial charge in [-0.15, -0.1) is 0 Å². The third kappa shape index (κ3) is 2.47. The van der Waals surface area contributed by atoms with Crippen LogP contribution in [0.1, 0.15) is 35.8 Å². The molecule has 0 aliphatic carbocycles. The van der Waals surface area contributed by atoms with Gasteiger partial charge in [-0.05, 0) is 5.92 Å². The van der Waals surface area contributed by atoms with E-state index in [1.165, 1.54) is 12.5 Å². The van der Waals surface area contributed by atoms with Crippen LogP contribution in [0.25, 0.3) is 0 Å². The number of carboxylic acid groups (broad SMARTS) is 1. The van der Waals surface area contributed by atoms with Crippen molar-refractivity contribution in [2.75, 3.05) is 6.54 Å². The van der Waals surface area contributed by atoms with Crippen molar-refractivity contribution in [2.24, 2.45) is 5.92 Å². The van der Waals surface area contributed by atoms with E-state index in [1.807, 2.05) is 0 Å². The average molecular weight is 249 g/mol. The zero-order chi connectivity index (χ0) is 13.1. The molecule has 96 valence electrons. The number of aromatic nitrogens is 2. The lowest BCUT2D eigenvalue weighted by Crippen LogP contribution is -2.26. The summed E-state index contributed by atoms with van der Waals surface area (Å²) in [5.41, 5.74) is 0.452. The summed E-state index contributed by atoms with van der Waals surface area (Å²) < 4.78 is 0. The minimum Gasteiger partial charge on any atom is -0.478 e. The number of carboxylic acids is 1. The van der Waals surface area contributed by atoms with E-state index in [9.17, 15) is 9.59 Å². The molecule has 1 aliphatic rings. The topological polar surface area (TPSA) is 83.4 Å². The van der Waals surface area contributed by atoms with Crippen molar-refractivity contribution in [1.29, 1.82) is 0 Å². The Morgan fingerprint density at radius 2 is 2.39 bits per heavy atom. The van der Waals surface area contributed by atoms with Crippen LogP contribution in [0.5, 0.6) is 0 Å². The number of carbonyl (C=O) groups excluding carboxylic acids is 1. The largest absolute Gasteiger partial charge is 0.478 e. The van der Waals surface area contributed by atoms with Crippen LogP contribution in [0.3, 0.4) is 0 Å². The first kappa shape index (κ1) is 12.5. The van der Waals surface area contributed by atoms with E-state index in [-0.39, 0.29) is 18.0 Å². The molecule has 18 heavy (non-hydrogen) atoms. The fraction of sp³-hybridized carbons (Fsp3) is 0.500. The van der Waals surface area contributed by atoms with Crippen LogP contribution in [0, 0.1) is 5.92 Å².